The molecule has 0 aromatic carbocycles. The lowest BCUT2D eigenvalue weighted by atomic mass is 9.89. The van der Waals surface area contributed by atoms with Crippen molar-refractivity contribution in [3.8, 4) is 0 Å². The fraction of sp³-hybridized carbons (Fsp3) is 0.444. The molecular formula is C9H10F3NO2. The molecule has 1 rings (SSSR count). The van der Waals surface area contributed by atoms with E-state index in [4.69, 9.17) is 5.73 Å². The van der Waals surface area contributed by atoms with Crippen LogP contribution in [0.1, 0.15) is 6.42 Å². The fourth-order valence-electron chi connectivity index (χ4n) is 1.29. The van der Waals surface area contributed by atoms with E-state index < -0.39 is 17.6 Å². The van der Waals surface area contributed by atoms with Gasteiger partial charge >= 0.3 is 6.18 Å². The molecular weight excluding hydrogens is 211 g/mol. The van der Waals surface area contributed by atoms with Crippen molar-refractivity contribution in [1.82, 2.24) is 0 Å². The third-order valence-electron chi connectivity index (χ3n) is 2.19. The number of allylic oxidation sites excluding steroid dienone is 1. The number of carbonyl (C=O) groups is 1. The lowest BCUT2D eigenvalue weighted by Crippen LogP contribution is -2.47. The second-order valence-corrected chi connectivity index (χ2v) is 3.16. The summed E-state index contributed by atoms with van der Waals surface area (Å²) in [5.41, 5.74) is 3.71. The molecule has 1 aliphatic carbocycles. The zero-order chi connectivity index (χ0) is 11.7. The van der Waals surface area contributed by atoms with Crippen LogP contribution in [0.2, 0.25) is 0 Å². The van der Waals surface area contributed by atoms with Gasteiger partial charge in [0.1, 0.15) is 0 Å². The molecule has 0 spiro atoms. The van der Waals surface area contributed by atoms with Crippen LogP contribution >= 0.6 is 0 Å². The molecule has 0 aromatic heterocycles. The molecule has 1 aliphatic rings. The predicted molar refractivity (Wildman–Crippen MR) is 46.8 cm³/mol. The topological polar surface area (TPSA) is 52.3 Å². The minimum absolute atomic E-state index is 0.204. The van der Waals surface area contributed by atoms with Gasteiger partial charge in [-0.05, 0) is 12.2 Å². The largest absolute Gasteiger partial charge is 0.453 e. The monoisotopic (exact) mass is 221 g/mol. The number of halogens is 3. The van der Waals surface area contributed by atoms with Crippen LogP contribution in [0.4, 0.5) is 13.2 Å². The average Bonchev–Trinajstić information content (AvgIpc) is 2.17. The van der Waals surface area contributed by atoms with E-state index in [1.54, 1.807) is 0 Å². The van der Waals surface area contributed by atoms with Gasteiger partial charge in [0.05, 0.1) is 0 Å². The second kappa shape index (κ2) is 3.69. The number of ether oxygens (including phenoxy) is 1. The lowest BCUT2D eigenvalue weighted by Gasteiger charge is -2.29. The van der Waals surface area contributed by atoms with Gasteiger partial charge in [0.2, 0.25) is 0 Å². The molecule has 15 heavy (non-hydrogen) atoms. The van der Waals surface area contributed by atoms with Gasteiger partial charge in [0, 0.05) is 19.2 Å². The molecule has 6 heteroatoms. The minimum Gasteiger partial charge on any atom is -0.399 e. The van der Waals surface area contributed by atoms with Gasteiger partial charge in [-0.15, -0.1) is 0 Å². The summed E-state index contributed by atoms with van der Waals surface area (Å²) in [4.78, 5) is 11.1. The number of ketones is 1. The summed E-state index contributed by atoms with van der Waals surface area (Å²) in [7, 11) is 1.06. The summed E-state index contributed by atoms with van der Waals surface area (Å²) >= 11 is 0. The van der Waals surface area contributed by atoms with Crippen LogP contribution in [-0.2, 0) is 9.53 Å². The Morgan fingerprint density at radius 2 is 2.20 bits per heavy atom. The molecule has 3 nitrogen and oxygen atoms in total. The van der Waals surface area contributed by atoms with E-state index in [2.05, 4.69) is 4.74 Å². The molecule has 1 unspecified atom stereocenters. The second-order valence-electron chi connectivity index (χ2n) is 3.16. The van der Waals surface area contributed by atoms with Crippen molar-refractivity contribution in [3.63, 3.8) is 0 Å². The van der Waals surface area contributed by atoms with Crippen LogP contribution in [0.3, 0.4) is 0 Å². The van der Waals surface area contributed by atoms with Crippen molar-refractivity contribution in [2.45, 2.75) is 18.2 Å². The van der Waals surface area contributed by atoms with Crippen molar-refractivity contribution < 1.29 is 22.7 Å². The highest BCUT2D eigenvalue weighted by molar-refractivity contribution is 5.94. The summed E-state index contributed by atoms with van der Waals surface area (Å²) in [5, 5.41) is 0. The summed E-state index contributed by atoms with van der Waals surface area (Å²) < 4.78 is 41.4. The van der Waals surface area contributed by atoms with E-state index in [-0.39, 0.29) is 6.42 Å². The average molecular weight is 221 g/mol. The Morgan fingerprint density at radius 3 is 2.53 bits per heavy atom. The number of methoxy groups -OCH3 is 1. The first kappa shape index (κ1) is 11.8. The third-order valence-corrected chi connectivity index (χ3v) is 2.19. The Hall–Kier alpha value is -1.30. The number of carbonyl (C=O) groups excluding carboxylic acids is 1. The first-order valence-corrected chi connectivity index (χ1v) is 4.13. The van der Waals surface area contributed by atoms with E-state index in [0.717, 1.165) is 13.2 Å². The van der Waals surface area contributed by atoms with Crippen LogP contribution < -0.4 is 5.73 Å². The van der Waals surface area contributed by atoms with E-state index >= 15 is 0 Å². The molecule has 0 saturated heterocycles. The van der Waals surface area contributed by atoms with Crippen LogP contribution in [-0.4, -0.2) is 24.7 Å². The predicted octanol–water partition coefficient (Wildman–Crippen LogP) is 1.31. The van der Waals surface area contributed by atoms with Gasteiger partial charge in [-0.2, -0.15) is 13.2 Å². The molecule has 2 N–H and O–H groups in total. The number of alkyl halides is 3. The number of rotatable bonds is 2. The number of hydrogen-bond donors (Lipinski definition) is 1. The maximum atomic E-state index is 12.2. The highest BCUT2D eigenvalue weighted by Crippen LogP contribution is 2.32. The Morgan fingerprint density at radius 1 is 1.60 bits per heavy atom. The SMILES string of the molecule is COC1(C(=O)C(F)(F)F)C=CC(N)=CC1. The lowest BCUT2D eigenvalue weighted by molar-refractivity contribution is -0.187. The normalized spacial score (nSPS) is 26.3. The molecule has 0 aromatic rings. The fourth-order valence-corrected chi connectivity index (χ4v) is 1.29. The van der Waals surface area contributed by atoms with E-state index in [1.165, 1.54) is 12.2 Å². The zero-order valence-corrected chi connectivity index (χ0v) is 7.97. The molecule has 0 amide bonds. The summed E-state index contributed by atoms with van der Waals surface area (Å²) in [5.74, 6) is -1.92. The minimum atomic E-state index is -4.92. The smallest absolute Gasteiger partial charge is 0.399 e. The van der Waals surface area contributed by atoms with Crippen molar-refractivity contribution in [2.24, 2.45) is 5.73 Å². The quantitative estimate of drug-likeness (QED) is 0.764. The molecule has 0 bridgehead atoms. The first-order valence-electron chi connectivity index (χ1n) is 4.13. The van der Waals surface area contributed by atoms with E-state index in [9.17, 15) is 18.0 Å². The Labute approximate surface area is 84.4 Å². The number of Topliss-reactive ketones (excluding diaryl/α,β-unsaturated/α-hetero) is 1. The Balaban J connectivity index is 3.00. The Bertz CT molecular complexity index is 333. The molecule has 0 aliphatic heterocycles. The molecule has 0 fully saturated rings. The van der Waals surface area contributed by atoms with Gasteiger partial charge in [0.25, 0.3) is 5.78 Å². The maximum Gasteiger partial charge on any atom is 0.453 e. The van der Waals surface area contributed by atoms with Gasteiger partial charge < -0.3 is 10.5 Å². The summed E-state index contributed by atoms with van der Waals surface area (Å²) in [6.45, 7) is 0. The first-order chi connectivity index (χ1) is 6.82. The van der Waals surface area contributed by atoms with E-state index in [0.29, 0.717) is 5.70 Å². The highest BCUT2D eigenvalue weighted by atomic mass is 19.4. The standard InChI is InChI=1S/C9H10F3NO2/c1-15-8(7(14)9(10,11)12)4-2-6(13)3-5-8/h2-4H,5,13H2,1H3. The molecule has 0 radical (unpaired) electrons. The van der Waals surface area contributed by atoms with Crippen LogP contribution in [0.25, 0.3) is 0 Å². The molecule has 0 heterocycles. The Kier molecular flexibility index (Phi) is 2.90. The summed E-state index contributed by atoms with van der Waals surface area (Å²) in [6.07, 6.45) is -1.52. The van der Waals surface area contributed by atoms with Gasteiger partial charge in [-0.25, -0.2) is 0 Å². The van der Waals surface area contributed by atoms with Crippen molar-refractivity contribution in [2.75, 3.05) is 7.11 Å². The van der Waals surface area contributed by atoms with Crippen LogP contribution in [0.15, 0.2) is 23.9 Å². The van der Waals surface area contributed by atoms with E-state index in [1.807, 2.05) is 0 Å². The van der Waals surface area contributed by atoms with Gasteiger partial charge in [-0.1, -0.05) is 6.08 Å². The summed E-state index contributed by atoms with van der Waals surface area (Å²) in [6, 6.07) is 0. The third kappa shape index (κ3) is 2.20. The van der Waals surface area contributed by atoms with Gasteiger partial charge in [0.15, 0.2) is 5.60 Å². The number of nitrogens with two attached hydrogens (primary N) is 1. The van der Waals surface area contributed by atoms with Crippen molar-refractivity contribution in [3.05, 3.63) is 23.9 Å². The molecule has 1 atom stereocenters. The maximum absolute atomic E-state index is 12.2. The van der Waals surface area contributed by atoms with Crippen LogP contribution in [0, 0.1) is 0 Å². The number of hydrogen-bond acceptors (Lipinski definition) is 3. The highest BCUT2D eigenvalue weighted by Gasteiger charge is 2.52. The van der Waals surface area contributed by atoms with Crippen LogP contribution in [0.5, 0.6) is 0 Å². The molecule has 0 saturated carbocycles. The molecule has 84 valence electrons. The van der Waals surface area contributed by atoms with Crippen molar-refractivity contribution in [1.29, 1.82) is 0 Å². The van der Waals surface area contributed by atoms with Crippen molar-refractivity contribution >= 4 is 5.78 Å². The zero-order valence-electron chi connectivity index (χ0n) is 7.97. The van der Waals surface area contributed by atoms with Gasteiger partial charge in [-0.3, -0.25) is 4.79 Å².